The fourth-order valence-corrected chi connectivity index (χ4v) is 6.61. The molecule has 0 bridgehead atoms. The molecule has 0 unspecified atom stereocenters. The van der Waals surface area contributed by atoms with Gasteiger partial charge in [0, 0.05) is 36.2 Å². The maximum Gasteiger partial charge on any atom is 0.217 e. The Hall–Kier alpha value is -3.29. The number of hydrogen-bond donors (Lipinski definition) is 0. The Labute approximate surface area is 256 Å². The van der Waals surface area contributed by atoms with Crippen molar-refractivity contribution in [2.24, 2.45) is 5.41 Å². The highest BCUT2D eigenvalue weighted by molar-refractivity contribution is 5.79. The summed E-state index contributed by atoms with van der Waals surface area (Å²) in [5.74, 6) is 0.832. The SMILES string of the molecule is CCCC1(CCCCN2CCOCC2)COC(c2nc(-c3ccccc3)c(-c3ccccc3)n2Cc2ccccc2)OC1. The fourth-order valence-electron chi connectivity index (χ4n) is 6.61. The van der Waals surface area contributed by atoms with Crippen molar-refractivity contribution in [2.75, 3.05) is 46.1 Å². The van der Waals surface area contributed by atoms with Gasteiger partial charge in [0.2, 0.25) is 6.29 Å². The minimum atomic E-state index is -0.512. The number of morpholine rings is 1. The van der Waals surface area contributed by atoms with Crippen molar-refractivity contribution >= 4 is 0 Å². The molecule has 6 rings (SSSR count). The van der Waals surface area contributed by atoms with Gasteiger partial charge in [0.15, 0.2) is 5.82 Å². The van der Waals surface area contributed by atoms with E-state index in [-0.39, 0.29) is 5.41 Å². The zero-order valence-corrected chi connectivity index (χ0v) is 25.5. The lowest BCUT2D eigenvalue weighted by Crippen LogP contribution is -2.40. The van der Waals surface area contributed by atoms with Gasteiger partial charge in [-0.05, 0) is 31.4 Å². The Kier molecular flexibility index (Phi) is 10.0. The number of hydrogen-bond acceptors (Lipinski definition) is 5. The first-order chi connectivity index (χ1) is 21.2. The zero-order chi connectivity index (χ0) is 29.3. The van der Waals surface area contributed by atoms with E-state index in [1.54, 1.807) is 0 Å². The number of unbranched alkanes of at least 4 members (excludes halogenated alkanes) is 1. The Morgan fingerprint density at radius 3 is 2.05 bits per heavy atom. The first-order valence-electron chi connectivity index (χ1n) is 16.0. The number of imidazole rings is 1. The maximum absolute atomic E-state index is 6.67. The fraction of sp³-hybridized carbons (Fsp3) is 0.432. The van der Waals surface area contributed by atoms with Gasteiger partial charge in [-0.15, -0.1) is 0 Å². The zero-order valence-electron chi connectivity index (χ0n) is 25.5. The highest BCUT2D eigenvalue weighted by Gasteiger charge is 2.38. The number of benzene rings is 3. The molecule has 0 aliphatic carbocycles. The number of ether oxygens (including phenoxy) is 3. The van der Waals surface area contributed by atoms with Crippen molar-refractivity contribution < 1.29 is 14.2 Å². The standard InChI is InChI=1S/C37H45N3O3/c1-2-20-37(21-12-13-22-39-23-25-41-26-24-39)28-42-36(43-29-37)35-38-33(31-16-8-4-9-17-31)34(32-18-10-5-11-19-32)40(35)27-30-14-6-3-7-15-30/h3-11,14-19,36H,2,12-13,20-29H2,1H3. The smallest absolute Gasteiger partial charge is 0.217 e. The molecule has 0 spiro atoms. The maximum atomic E-state index is 6.67. The lowest BCUT2D eigenvalue weighted by molar-refractivity contribution is -0.241. The van der Waals surface area contributed by atoms with Crippen molar-refractivity contribution in [2.45, 2.75) is 51.9 Å². The Balaban J connectivity index is 1.26. The second-order valence-corrected chi connectivity index (χ2v) is 12.1. The van der Waals surface area contributed by atoms with Crippen molar-refractivity contribution in [3.05, 3.63) is 102 Å². The predicted octanol–water partition coefficient (Wildman–Crippen LogP) is 7.60. The third-order valence-electron chi connectivity index (χ3n) is 8.88. The topological polar surface area (TPSA) is 48.8 Å². The summed E-state index contributed by atoms with van der Waals surface area (Å²) < 4.78 is 21.2. The van der Waals surface area contributed by atoms with Crippen LogP contribution in [0.3, 0.4) is 0 Å². The van der Waals surface area contributed by atoms with Gasteiger partial charge in [-0.3, -0.25) is 4.90 Å². The molecule has 3 aromatic carbocycles. The molecule has 2 saturated heterocycles. The van der Waals surface area contributed by atoms with Crippen LogP contribution in [-0.4, -0.2) is 60.5 Å². The van der Waals surface area contributed by atoms with Gasteiger partial charge < -0.3 is 18.8 Å². The molecule has 43 heavy (non-hydrogen) atoms. The van der Waals surface area contributed by atoms with Crippen LogP contribution in [0.5, 0.6) is 0 Å². The van der Waals surface area contributed by atoms with E-state index in [1.807, 2.05) is 0 Å². The summed E-state index contributed by atoms with van der Waals surface area (Å²) in [5, 5.41) is 0. The van der Waals surface area contributed by atoms with Crippen molar-refractivity contribution in [1.82, 2.24) is 14.5 Å². The monoisotopic (exact) mass is 579 g/mol. The molecule has 226 valence electrons. The van der Waals surface area contributed by atoms with Crippen LogP contribution in [0.4, 0.5) is 0 Å². The molecule has 6 heteroatoms. The Bertz CT molecular complexity index is 1390. The van der Waals surface area contributed by atoms with Crippen LogP contribution in [0.25, 0.3) is 22.5 Å². The first kappa shape index (κ1) is 29.8. The van der Waals surface area contributed by atoms with Gasteiger partial charge in [-0.25, -0.2) is 4.98 Å². The van der Waals surface area contributed by atoms with Crippen molar-refractivity contribution in [1.29, 1.82) is 0 Å². The van der Waals surface area contributed by atoms with Crippen LogP contribution >= 0.6 is 0 Å². The number of aromatic nitrogens is 2. The summed E-state index contributed by atoms with van der Waals surface area (Å²) in [6, 6.07) is 31.7. The molecule has 4 aromatic rings. The summed E-state index contributed by atoms with van der Waals surface area (Å²) in [4.78, 5) is 7.82. The van der Waals surface area contributed by atoms with E-state index in [0.29, 0.717) is 19.8 Å². The van der Waals surface area contributed by atoms with Crippen LogP contribution in [0.15, 0.2) is 91.0 Å². The number of nitrogens with zero attached hydrogens (tertiary/aromatic N) is 3. The molecule has 3 heterocycles. The molecule has 0 saturated carbocycles. The molecule has 2 fully saturated rings. The minimum absolute atomic E-state index is 0.0532. The van der Waals surface area contributed by atoms with Crippen LogP contribution < -0.4 is 0 Å². The highest BCUT2D eigenvalue weighted by atomic mass is 16.7. The third-order valence-corrected chi connectivity index (χ3v) is 8.88. The Morgan fingerprint density at radius 2 is 1.40 bits per heavy atom. The van der Waals surface area contributed by atoms with E-state index < -0.39 is 6.29 Å². The van der Waals surface area contributed by atoms with Crippen LogP contribution in [0.1, 0.15) is 56.7 Å². The lowest BCUT2D eigenvalue weighted by atomic mass is 9.79. The predicted molar refractivity (Wildman–Crippen MR) is 172 cm³/mol. The number of rotatable bonds is 12. The molecular weight excluding hydrogens is 534 g/mol. The second kappa shape index (κ2) is 14.5. The highest BCUT2D eigenvalue weighted by Crippen LogP contribution is 2.41. The largest absolute Gasteiger partial charge is 0.379 e. The minimum Gasteiger partial charge on any atom is -0.379 e. The lowest BCUT2D eigenvalue weighted by Gasteiger charge is -2.40. The van der Waals surface area contributed by atoms with Gasteiger partial charge in [0.1, 0.15) is 0 Å². The Morgan fingerprint density at radius 1 is 0.767 bits per heavy atom. The summed E-state index contributed by atoms with van der Waals surface area (Å²) in [6.45, 7) is 9.33. The summed E-state index contributed by atoms with van der Waals surface area (Å²) in [6.07, 6.45) is 5.24. The summed E-state index contributed by atoms with van der Waals surface area (Å²) in [7, 11) is 0. The van der Waals surface area contributed by atoms with Gasteiger partial charge in [0.25, 0.3) is 0 Å². The van der Waals surface area contributed by atoms with Crippen LogP contribution in [0.2, 0.25) is 0 Å². The quantitative estimate of drug-likeness (QED) is 0.162. The molecule has 2 aliphatic heterocycles. The normalized spacial score (nSPS) is 21.2. The molecule has 2 aliphatic rings. The van der Waals surface area contributed by atoms with Gasteiger partial charge in [0.05, 0.1) is 37.8 Å². The molecule has 0 N–H and O–H groups in total. The molecule has 0 radical (unpaired) electrons. The summed E-state index contributed by atoms with van der Waals surface area (Å²) >= 11 is 0. The van der Waals surface area contributed by atoms with E-state index in [9.17, 15) is 0 Å². The van der Waals surface area contributed by atoms with Gasteiger partial charge in [-0.2, -0.15) is 0 Å². The van der Waals surface area contributed by atoms with Gasteiger partial charge >= 0.3 is 0 Å². The molecule has 1 aromatic heterocycles. The van der Waals surface area contributed by atoms with Crippen LogP contribution in [-0.2, 0) is 20.8 Å². The van der Waals surface area contributed by atoms with E-state index in [4.69, 9.17) is 19.2 Å². The molecule has 0 amide bonds. The van der Waals surface area contributed by atoms with Crippen molar-refractivity contribution in [3.8, 4) is 22.5 Å². The molecule has 6 nitrogen and oxygen atoms in total. The molecule has 0 atom stereocenters. The average molecular weight is 580 g/mol. The first-order valence-corrected chi connectivity index (χ1v) is 16.0. The average Bonchev–Trinajstić information content (AvgIpc) is 3.44. The van der Waals surface area contributed by atoms with E-state index >= 15 is 0 Å². The summed E-state index contributed by atoms with van der Waals surface area (Å²) in [5.41, 5.74) is 5.54. The third kappa shape index (κ3) is 7.27. The molecular formula is C37H45N3O3. The van der Waals surface area contributed by atoms with Gasteiger partial charge in [-0.1, -0.05) is 111 Å². The van der Waals surface area contributed by atoms with E-state index in [1.165, 1.54) is 18.4 Å². The van der Waals surface area contributed by atoms with Crippen molar-refractivity contribution in [3.63, 3.8) is 0 Å². The second-order valence-electron chi connectivity index (χ2n) is 12.1. The van der Waals surface area contributed by atoms with E-state index in [0.717, 1.165) is 80.4 Å². The van der Waals surface area contributed by atoms with Crippen LogP contribution in [0, 0.1) is 5.41 Å². The van der Waals surface area contributed by atoms with E-state index in [2.05, 4.69) is 107 Å².